The van der Waals surface area contributed by atoms with Crippen LogP contribution in [0.3, 0.4) is 0 Å². The van der Waals surface area contributed by atoms with Crippen molar-refractivity contribution in [2.75, 3.05) is 18.4 Å². The van der Waals surface area contributed by atoms with Crippen molar-refractivity contribution in [3.8, 4) is 0 Å². The predicted octanol–water partition coefficient (Wildman–Crippen LogP) is 5.54. The zero-order chi connectivity index (χ0) is 22.5. The molecule has 2 fully saturated rings. The number of carbonyl (C=O) groups is 2. The van der Waals surface area contributed by atoms with Crippen LogP contribution < -0.4 is 10.6 Å². The lowest BCUT2D eigenvalue weighted by atomic mass is 9.89. The molecular formula is C26H32ClN3O2. The molecule has 1 aliphatic carbocycles. The Balaban J connectivity index is 1.27. The van der Waals surface area contributed by atoms with Crippen molar-refractivity contribution < 1.29 is 9.59 Å². The first-order valence-corrected chi connectivity index (χ1v) is 12.0. The second kappa shape index (κ2) is 10.5. The number of ketones is 1. The van der Waals surface area contributed by atoms with E-state index in [1.165, 1.54) is 25.3 Å². The van der Waals surface area contributed by atoms with E-state index in [2.05, 4.69) is 27.7 Å². The number of rotatable bonds is 6. The van der Waals surface area contributed by atoms with Gasteiger partial charge in [-0.05, 0) is 94.3 Å². The van der Waals surface area contributed by atoms with Crippen molar-refractivity contribution in [1.82, 2.24) is 10.2 Å². The number of nitrogens with zero attached hydrogens (tertiary/aromatic N) is 1. The van der Waals surface area contributed by atoms with Crippen LogP contribution in [0.25, 0.3) is 0 Å². The van der Waals surface area contributed by atoms with Gasteiger partial charge in [0.25, 0.3) is 0 Å². The van der Waals surface area contributed by atoms with E-state index in [0.29, 0.717) is 23.2 Å². The highest BCUT2D eigenvalue weighted by molar-refractivity contribution is 6.30. The normalized spacial score (nSPS) is 21.9. The number of Topliss-reactive ketones (excluding diaryl/α,β-unsaturated/α-hetero) is 1. The first kappa shape index (κ1) is 22.8. The number of hydrogen-bond donors (Lipinski definition) is 2. The van der Waals surface area contributed by atoms with E-state index >= 15 is 0 Å². The van der Waals surface area contributed by atoms with Crippen LogP contribution in [0, 0.1) is 5.92 Å². The van der Waals surface area contributed by atoms with E-state index in [1.807, 2.05) is 18.2 Å². The molecule has 0 bridgehead atoms. The van der Waals surface area contributed by atoms with Gasteiger partial charge in [-0.25, -0.2) is 4.79 Å². The smallest absolute Gasteiger partial charge is 0.319 e. The van der Waals surface area contributed by atoms with E-state index in [-0.39, 0.29) is 17.9 Å². The standard InChI is InChI=1S/C26H32ClN3O2/c1-18(31)21-4-2-5-23(17-21)28-26(32)29-24-6-3-7-25(24)30-14-12-20(13-15-30)16-19-8-10-22(27)11-9-19/h2,4-5,8-11,17,20,24-25H,3,6-7,12-16H2,1H3,(H2,28,29,32). The Morgan fingerprint density at radius 1 is 1.03 bits per heavy atom. The van der Waals surface area contributed by atoms with E-state index in [9.17, 15) is 9.59 Å². The fourth-order valence-corrected chi connectivity index (χ4v) is 5.27. The van der Waals surface area contributed by atoms with Crippen LogP contribution in [0.2, 0.25) is 5.02 Å². The molecular weight excluding hydrogens is 422 g/mol. The lowest BCUT2D eigenvalue weighted by molar-refractivity contribution is 0.101. The lowest BCUT2D eigenvalue weighted by Crippen LogP contribution is -2.52. The maximum Gasteiger partial charge on any atom is 0.319 e. The molecule has 0 spiro atoms. The van der Waals surface area contributed by atoms with Crippen LogP contribution in [-0.2, 0) is 6.42 Å². The minimum absolute atomic E-state index is 0.00983. The Morgan fingerprint density at radius 3 is 2.50 bits per heavy atom. The van der Waals surface area contributed by atoms with Gasteiger partial charge in [0, 0.05) is 28.4 Å². The summed E-state index contributed by atoms with van der Waals surface area (Å²) in [5, 5.41) is 6.88. The van der Waals surface area contributed by atoms with Gasteiger partial charge in [0.05, 0.1) is 0 Å². The molecule has 1 aliphatic heterocycles. The maximum absolute atomic E-state index is 12.6. The molecule has 2 aromatic rings. The third-order valence-electron chi connectivity index (χ3n) is 6.88. The van der Waals surface area contributed by atoms with E-state index in [0.717, 1.165) is 43.8 Å². The third kappa shape index (κ3) is 5.90. The number of piperidine rings is 1. The number of nitrogens with one attached hydrogen (secondary N) is 2. The minimum Gasteiger partial charge on any atom is -0.334 e. The summed E-state index contributed by atoms with van der Waals surface area (Å²) in [6.07, 6.45) is 6.77. The molecule has 32 heavy (non-hydrogen) atoms. The highest BCUT2D eigenvalue weighted by Gasteiger charge is 2.35. The molecule has 1 saturated heterocycles. The number of carbonyl (C=O) groups excluding carboxylic acids is 2. The van der Waals surface area contributed by atoms with Crippen LogP contribution in [-0.4, -0.2) is 41.9 Å². The molecule has 2 aliphatic rings. The van der Waals surface area contributed by atoms with Gasteiger partial charge in [0.15, 0.2) is 5.78 Å². The van der Waals surface area contributed by atoms with Crippen molar-refractivity contribution in [2.24, 2.45) is 5.92 Å². The molecule has 1 heterocycles. The second-order valence-corrected chi connectivity index (χ2v) is 9.59. The van der Waals surface area contributed by atoms with Crippen LogP contribution in [0.4, 0.5) is 10.5 Å². The van der Waals surface area contributed by atoms with Gasteiger partial charge in [0.2, 0.25) is 0 Å². The largest absolute Gasteiger partial charge is 0.334 e. The second-order valence-electron chi connectivity index (χ2n) is 9.15. The number of urea groups is 1. The highest BCUT2D eigenvalue weighted by Crippen LogP contribution is 2.30. The zero-order valence-electron chi connectivity index (χ0n) is 18.6. The van der Waals surface area contributed by atoms with Gasteiger partial charge >= 0.3 is 6.03 Å². The van der Waals surface area contributed by atoms with Gasteiger partial charge in [-0.3, -0.25) is 9.69 Å². The van der Waals surface area contributed by atoms with E-state index < -0.39 is 0 Å². The Hall–Kier alpha value is -2.37. The van der Waals surface area contributed by atoms with Crippen LogP contribution in [0.1, 0.15) is 54.9 Å². The summed E-state index contributed by atoms with van der Waals surface area (Å²) in [7, 11) is 0. The van der Waals surface area contributed by atoms with Crippen molar-refractivity contribution in [2.45, 2.75) is 57.5 Å². The summed E-state index contributed by atoms with van der Waals surface area (Å²) < 4.78 is 0. The summed E-state index contributed by atoms with van der Waals surface area (Å²) in [5.74, 6) is 0.696. The van der Waals surface area contributed by atoms with Gasteiger partial charge in [0.1, 0.15) is 0 Å². The molecule has 0 aromatic heterocycles. The maximum atomic E-state index is 12.6. The topological polar surface area (TPSA) is 61.4 Å². The Labute approximate surface area is 195 Å². The summed E-state index contributed by atoms with van der Waals surface area (Å²) >= 11 is 6.01. The summed E-state index contributed by atoms with van der Waals surface area (Å²) in [4.78, 5) is 26.8. The SMILES string of the molecule is CC(=O)c1cccc(NC(=O)NC2CCCC2N2CCC(Cc3ccc(Cl)cc3)CC2)c1. The Morgan fingerprint density at radius 2 is 1.78 bits per heavy atom. The third-order valence-corrected chi connectivity index (χ3v) is 7.13. The summed E-state index contributed by atoms with van der Waals surface area (Å²) in [6.45, 7) is 3.70. The molecule has 2 N–H and O–H groups in total. The Bertz CT molecular complexity index is 938. The zero-order valence-corrected chi connectivity index (χ0v) is 19.4. The van der Waals surface area contributed by atoms with Gasteiger partial charge < -0.3 is 10.6 Å². The lowest BCUT2D eigenvalue weighted by Gasteiger charge is -2.38. The molecule has 6 heteroatoms. The predicted molar refractivity (Wildman–Crippen MR) is 129 cm³/mol. The average Bonchev–Trinajstić information content (AvgIpc) is 3.24. The van der Waals surface area contributed by atoms with Crippen molar-refractivity contribution in [1.29, 1.82) is 0 Å². The average molecular weight is 454 g/mol. The van der Waals surface area contributed by atoms with Gasteiger partial charge in [-0.15, -0.1) is 0 Å². The molecule has 1 saturated carbocycles. The number of likely N-dealkylation sites (tertiary alicyclic amines) is 1. The first-order valence-electron chi connectivity index (χ1n) is 11.6. The van der Waals surface area contributed by atoms with Gasteiger partial charge in [-0.2, -0.15) is 0 Å². The first-order chi connectivity index (χ1) is 15.5. The van der Waals surface area contributed by atoms with Crippen LogP contribution >= 0.6 is 11.6 Å². The minimum atomic E-state index is -0.194. The van der Waals surface area contributed by atoms with Crippen molar-refractivity contribution >= 4 is 29.1 Å². The van der Waals surface area contributed by atoms with Gasteiger partial charge in [-0.1, -0.05) is 35.9 Å². The molecule has 4 rings (SSSR count). The monoisotopic (exact) mass is 453 g/mol. The van der Waals surface area contributed by atoms with Crippen LogP contribution in [0.15, 0.2) is 48.5 Å². The van der Waals surface area contributed by atoms with E-state index in [1.54, 1.807) is 18.2 Å². The molecule has 2 atom stereocenters. The molecule has 2 aromatic carbocycles. The summed E-state index contributed by atoms with van der Waals surface area (Å²) in [6, 6.07) is 15.7. The highest BCUT2D eigenvalue weighted by atomic mass is 35.5. The molecule has 5 nitrogen and oxygen atoms in total. The van der Waals surface area contributed by atoms with E-state index in [4.69, 9.17) is 11.6 Å². The number of amides is 2. The fourth-order valence-electron chi connectivity index (χ4n) is 5.14. The molecule has 2 unspecified atom stereocenters. The number of halogens is 1. The number of anilines is 1. The summed E-state index contributed by atoms with van der Waals surface area (Å²) in [5.41, 5.74) is 2.61. The molecule has 170 valence electrons. The quantitative estimate of drug-likeness (QED) is 0.564. The van der Waals surface area contributed by atoms with Crippen LogP contribution in [0.5, 0.6) is 0 Å². The molecule has 0 radical (unpaired) electrons. The van der Waals surface area contributed by atoms with Crippen molar-refractivity contribution in [3.63, 3.8) is 0 Å². The van der Waals surface area contributed by atoms with Crippen molar-refractivity contribution in [3.05, 3.63) is 64.7 Å². The number of benzene rings is 2. The number of hydrogen-bond acceptors (Lipinski definition) is 3. The fraction of sp³-hybridized carbons (Fsp3) is 0.462. The molecule has 2 amide bonds. The Kier molecular flexibility index (Phi) is 7.48.